The van der Waals surface area contributed by atoms with Crippen molar-refractivity contribution >= 4 is 78.6 Å². The van der Waals surface area contributed by atoms with Crippen LogP contribution in [0.2, 0.25) is 0 Å². The van der Waals surface area contributed by atoms with Crippen LogP contribution in [0, 0.1) is 17.8 Å². The van der Waals surface area contributed by atoms with Crippen molar-refractivity contribution in [1.82, 2.24) is 29.9 Å². The van der Waals surface area contributed by atoms with Crippen LogP contribution < -0.4 is 10.6 Å². The maximum Gasteiger partial charge on any atom is 0.416 e. The lowest BCUT2D eigenvalue weighted by molar-refractivity contribution is -0.137. The Bertz CT molecular complexity index is 3030. The molecule has 4 aromatic heterocycles. The van der Waals surface area contributed by atoms with Gasteiger partial charge in [-0.25, -0.2) is 39.5 Å². The molecule has 4 N–H and O–H groups in total. The van der Waals surface area contributed by atoms with E-state index in [4.69, 9.17) is 0 Å². The summed E-state index contributed by atoms with van der Waals surface area (Å²) >= 11 is 0. The van der Waals surface area contributed by atoms with Gasteiger partial charge in [0.25, 0.3) is 0 Å². The monoisotopic (exact) mass is 792 g/mol. The first-order chi connectivity index (χ1) is 28.4. The van der Waals surface area contributed by atoms with Gasteiger partial charge in [0, 0.05) is 57.3 Å². The highest BCUT2D eigenvalue weighted by atomic mass is 19.4. The van der Waals surface area contributed by atoms with Crippen molar-refractivity contribution in [3.8, 4) is 11.8 Å². The first kappa shape index (κ1) is 38.2. The van der Waals surface area contributed by atoms with E-state index in [9.17, 15) is 33.0 Å². The number of nitrogens with one attached hydrogen (secondary N) is 2. The highest BCUT2D eigenvalue weighted by molar-refractivity contribution is 6.11. The number of fused-ring (bicyclic) bond motifs is 6. The van der Waals surface area contributed by atoms with E-state index >= 15 is 0 Å². The molecule has 0 radical (unpaired) electrons. The number of aromatic nitrogens is 6. The molecule has 0 aliphatic heterocycles. The average Bonchev–Trinajstić information content (AvgIpc) is 4.05. The second kappa shape index (κ2) is 15.7. The van der Waals surface area contributed by atoms with Gasteiger partial charge in [-0.05, 0) is 86.3 Å². The third-order valence-electron chi connectivity index (χ3n) is 9.55. The molecule has 1 fully saturated rings. The zero-order valence-corrected chi connectivity index (χ0v) is 31.0. The molecule has 59 heavy (non-hydrogen) atoms. The number of carboxylic acid groups (broad SMARTS) is 2. The minimum absolute atomic E-state index is 0.0561. The zero-order valence-electron chi connectivity index (χ0n) is 31.0. The van der Waals surface area contributed by atoms with Gasteiger partial charge in [-0.2, -0.15) is 13.2 Å². The van der Waals surface area contributed by atoms with E-state index in [1.807, 2.05) is 24.3 Å². The third kappa shape index (κ3) is 8.37. The normalized spacial score (nSPS) is 12.4. The fourth-order valence-corrected chi connectivity index (χ4v) is 6.55. The van der Waals surface area contributed by atoms with Crippen LogP contribution in [0.15, 0.2) is 104 Å². The summed E-state index contributed by atoms with van der Waals surface area (Å²) in [5.41, 5.74) is 3.42. The number of halogens is 3. The van der Waals surface area contributed by atoms with Gasteiger partial charge in [0.05, 0.1) is 27.7 Å². The van der Waals surface area contributed by atoms with E-state index in [1.54, 1.807) is 43.6 Å². The van der Waals surface area contributed by atoms with Crippen molar-refractivity contribution in [2.24, 2.45) is 5.92 Å². The van der Waals surface area contributed by atoms with Crippen molar-refractivity contribution in [2.75, 3.05) is 10.6 Å². The standard InChI is InChI=1S/C23H17F3N4O2.C21H14N4O2/c24-23(25,26)14-2-1-3-15(10-14)28-21-20-17(11-27-19(30-20)8-12-4-5-12)16-7-6-13(22(31)32)9-18(16)29-21;1-2-4-13-5-3-6-15(9-13)24-20-19-17(11-22-12-23-19)16-8-7-14(21(26)27)10-18(16)25-20/h1-3,6-7,9-12H,4-5,8H2,(H,28,29)(H,31,32);3,5-12H,1H3,(H,24,25)(H,26,27). The van der Waals surface area contributed by atoms with Crippen LogP contribution >= 0.6 is 0 Å². The molecular weight excluding hydrogens is 762 g/mol. The first-order valence-electron chi connectivity index (χ1n) is 18.3. The molecule has 9 rings (SSSR count). The minimum Gasteiger partial charge on any atom is -0.478 e. The Morgan fingerprint density at radius 1 is 0.729 bits per heavy atom. The van der Waals surface area contributed by atoms with Gasteiger partial charge in [-0.15, -0.1) is 5.92 Å². The van der Waals surface area contributed by atoms with E-state index < -0.39 is 23.7 Å². The lowest BCUT2D eigenvalue weighted by Crippen LogP contribution is -2.06. The summed E-state index contributed by atoms with van der Waals surface area (Å²) in [7, 11) is 0. The lowest BCUT2D eigenvalue weighted by Gasteiger charge is -2.14. The average molecular weight is 793 g/mol. The zero-order chi connectivity index (χ0) is 41.3. The summed E-state index contributed by atoms with van der Waals surface area (Å²) in [5.74, 6) is 5.78. The van der Waals surface area contributed by atoms with Crippen LogP contribution in [0.3, 0.4) is 0 Å². The molecule has 1 aliphatic rings. The number of pyridine rings is 2. The third-order valence-corrected chi connectivity index (χ3v) is 9.55. The molecule has 12 nitrogen and oxygen atoms in total. The summed E-state index contributed by atoms with van der Waals surface area (Å²) in [6, 6.07) is 21.9. The number of nitrogens with zero attached hydrogens (tertiary/aromatic N) is 6. The Morgan fingerprint density at radius 2 is 1.34 bits per heavy atom. The molecule has 8 aromatic rings. The Morgan fingerprint density at radius 3 is 1.95 bits per heavy atom. The molecule has 0 unspecified atom stereocenters. The van der Waals surface area contributed by atoms with Gasteiger partial charge in [0.15, 0.2) is 11.6 Å². The number of carboxylic acids is 2. The molecule has 0 atom stereocenters. The van der Waals surface area contributed by atoms with Crippen molar-refractivity contribution in [1.29, 1.82) is 0 Å². The van der Waals surface area contributed by atoms with E-state index in [0.717, 1.165) is 53.4 Å². The van der Waals surface area contributed by atoms with Gasteiger partial charge in [-0.3, -0.25) is 0 Å². The lowest BCUT2D eigenvalue weighted by atomic mass is 10.1. The number of rotatable bonds is 8. The number of carbonyl (C=O) groups is 2. The summed E-state index contributed by atoms with van der Waals surface area (Å²) in [6.07, 6.45) is 3.35. The van der Waals surface area contributed by atoms with Crippen molar-refractivity contribution in [3.05, 3.63) is 132 Å². The van der Waals surface area contributed by atoms with Crippen LogP contribution in [0.4, 0.5) is 36.2 Å². The van der Waals surface area contributed by atoms with E-state index in [2.05, 4.69) is 52.4 Å². The Kier molecular flexibility index (Phi) is 10.1. The largest absolute Gasteiger partial charge is 0.478 e. The maximum atomic E-state index is 13.1. The van der Waals surface area contributed by atoms with Crippen LogP contribution in [-0.4, -0.2) is 52.1 Å². The van der Waals surface area contributed by atoms with Crippen molar-refractivity contribution in [2.45, 2.75) is 32.4 Å². The Hall–Kier alpha value is -7.73. The predicted octanol–water partition coefficient (Wildman–Crippen LogP) is 9.58. The summed E-state index contributed by atoms with van der Waals surface area (Å²) in [4.78, 5) is 49.4. The topological polar surface area (TPSA) is 176 Å². The SMILES string of the molecule is CC#Cc1cccc(Nc2nc3cc(C(=O)O)ccc3c3cncnc23)c1.O=C(O)c1ccc2c(c1)nc(Nc1cccc(C(F)(F)F)c1)c1nc(CC3CC3)ncc12. The van der Waals surface area contributed by atoms with Gasteiger partial charge in [0.2, 0.25) is 0 Å². The molecule has 15 heteroatoms. The number of hydrogen-bond donors (Lipinski definition) is 4. The van der Waals surface area contributed by atoms with Crippen LogP contribution in [-0.2, 0) is 12.6 Å². The maximum absolute atomic E-state index is 13.1. The smallest absolute Gasteiger partial charge is 0.416 e. The van der Waals surface area contributed by atoms with Gasteiger partial charge >= 0.3 is 18.1 Å². The molecule has 1 saturated carbocycles. The number of aromatic carboxylic acids is 2. The Labute approximate surface area is 333 Å². The number of benzene rings is 4. The van der Waals surface area contributed by atoms with Crippen LogP contribution in [0.25, 0.3) is 43.6 Å². The van der Waals surface area contributed by atoms with E-state index in [-0.39, 0.29) is 22.6 Å². The molecule has 0 saturated heterocycles. The summed E-state index contributed by atoms with van der Waals surface area (Å²) in [5, 5.41) is 27.7. The highest BCUT2D eigenvalue weighted by Gasteiger charge is 2.30. The molecule has 4 heterocycles. The molecule has 0 spiro atoms. The second-order valence-electron chi connectivity index (χ2n) is 13.8. The number of alkyl halides is 3. The van der Waals surface area contributed by atoms with Crippen molar-refractivity contribution < 1.29 is 33.0 Å². The summed E-state index contributed by atoms with van der Waals surface area (Å²) in [6.45, 7) is 1.79. The fourth-order valence-electron chi connectivity index (χ4n) is 6.55. The quantitative estimate of drug-likeness (QED) is 0.0848. The molecule has 292 valence electrons. The molecule has 4 aromatic carbocycles. The second-order valence-corrected chi connectivity index (χ2v) is 13.8. The molecule has 0 amide bonds. The highest BCUT2D eigenvalue weighted by Crippen LogP contribution is 2.36. The number of anilines is 4. The van der Waals surface area contributed by atoms with Crippen molar-refractivity contribution in [3.63, 3.8) is 0 Å². The predicted molar refractivity (Wildman–Crippen MR) is 217 cm³/mol. The molecule has 0 bridgehead atoms. The number of hydrogen-bond acceptors (Lipinski definition) is 10. The van der Waals surface area contributed by atoms with E-state index in [1.165, 1.54) is 30.6 Å². The van der Waals surface area contributed by atoms with E-state index in [0.29, 0.717) is 50.4 Å². The fraction of sp³-hybridized carbons (Fsp3) is 0.136. The minimum atomic E-state index is -4.48. The summed E-state index contributed by atoms with van der Waals surface area (Å²) < 4.78 is 39.4. The molecule has 1 aliphatic carbocycles. The van der Waals surface area contributed by atoms with Gasteiger partial charge in [-0.1, -0.05) is 30.2 Å². The van der Waals surface area contributed by atoms with Crippen LogP contribution in [0.5, 0.6) is 0 Å². The first-order valence-corrected chi connectivity index (χ1v) is 18.3. The van der Waals surface area contributed by atoms with Gasteiger partial charge in [0.1, 0.15) is 23.2 Å². The van der Waals surface area contributed by atoms with Crippen LogP contribution in [0.1, 0.15) is 57.4 Å². The molecular formula is C44H31F3N8O4. The van der Waals surface area contributed by atoms with Gasteiger partial charge < -0.3 is 20.8 Å². The Balaban J connectivity index is 0.000000167.